The standard InChI is InChI=1S/C20H24N2O3/c23-20(21-13-16-11-12-24-14-16)22-19(17-7-3-1-4-8-17)15-25-18-9-5-2-6-10-18/h1-10,16,19H,11-15H2,(H2,21,22,23)/t16-,19-/m1/s1. The third kappa shape index (κ3) is 5.50. The van der Waals surface area contributed by atoms with Gasteiger partial charge in [-0.2, -0.15) is 0 Å². The highest BCUT2D eigenvalue weighted by Crippen LogP contribution is 2.16. The van der Waals surface area contributed by atoms with Crippen molar-refractivity contribution in [3.8, 4) is 5.75 Å². The van der Waals surface area contributed by atoms with Crippen LogP contribution in [0.3, 0.4) is 0 Å². The van der Waals surface area contributed by atoms with Gasteiger partial charge in [-0.25, -0.2) is 4.79 Å². The van der Waals surface area contributed by atoms with Gasteiger partial charge in [0.05, 0.1) is 12.6 Å². The fraction of sp³-hybridized carbons (Fsp3) is 0.350. The highest BCUT2D eigenvalue weighted by atomic mass is 16.5. The first-order valence-electron chi connectivity index (χ1n) is 8.66. The molecule has 25 heavy (non-hydrogen) atoms. The molecule has 2 aromatic rings. The fourth-order valence-electron chi connectivity index (χ4n) is 2.79. The van der Waals surface area contributed by atoms with E-state index in [1.807, 2.05) is 60.7 Å². The van der Waals surface area contributed by atoms with Gasteiger partial charge in [-0.3, -0.25) is 0 Å². The Balaban J connectivity index is 1.56. The summed E-state index contributed by atoms with van der Waals surface area (Å²) in [5, 5.41) is 5.95. The molecule has 2 amide bonds. The van der Waals surface area contributed by atoms with Gasteiger partial charge in [0.25, 0.3) is 0 Å². The molecule has 0 radical (unpaired) electrons. The van der Waals surface area contributed by atoms with Crippen LogP contribution in [0.25, 0.3) is 0 Å². The highest BCUT2D eigenvalue weighted by molar-refractivity contribution is 5.74. The molecule has 1 aliphatic heterocycles. The van der Waals surface area contributed by atoms with Crippen molar-refractivity contribution in [2.24, 2.45) is 5.92 Å². The Bertz CT molecular complexity index is 643. The van der Waals surface area contributed by atoms with Gasteiger partial charge in [0.15, 0.2) is 0 Å². The second-order valence-electron chi connectivity index (χ2n) is 6.17. The predicted molar refractivity (Wildman–Crippen MR) is 96.6 cm³/mol. The van der Waals surface area contributed by atoms with Crippen LogP contribution in [0, 0.1) is 5.92 Å². The van der Waals surface area contributed by atoms with Crippen molar-refractivity contribution in [1.29, 1.82) is 0 Å². The number of amides is 2. The maximum atomic E-state index is 12.3. The van der Waals surface area contributed by atoms with E-state index in [-0.39, 0.29) is 12.1 Å². The number of benzene rings is 2. The van der Waals surface area contributed by atoms with Crippen LogP contribution in [-0.2, 0) is 4.74 Å². The topological polar surface area (TPSA) is 59.6 Å². The van der Waals surface area contributed by atoms with Crippen molar-refractivity contribution >= 4 is 6.03 Å². The minimum absolute atomic E-state index is 0.183. The summed E-state index contributed by atoms with van der Waals surface area (Å²) in [5.41, 5.74) is 1.01. The number of nitrogens with one attached hydrogen (secondary N) is 2. The van der Waals surface area contributed by atoms with Crippen molar-refractivity contribution in [1.82, 2.24) is 10.6 Å². The maximum absolute atomic E-state index is 12.3. The SMILES string of the molecule is O=C(NC[C@H]1CCOC1)N[C@H](COc1ccccc1)c1ccccc1. The van der Waals surface area contributed by atoms with Crippen LogP contribution >= 0.6 is 0 Å². The molecular weight excluding hydrogens is 316 g/mol. The molecule has 0 aliphatic carbocycles. The highest BCUT2D eigenvalue weighted by Gasteiger charge is 2.19. The van der Waals surface area contributed by atoms with E-state index in [2.05, 4.69) is 10.6 Å². The van der Waals surface area contributed by atoms with E-state index in [0.717, 1.165) is 30.9 Å². The molecule has 0 saturated carbocycles. The summed E-state index contributed by atoms with van der Waals surface area (Å²) < 4.78 is 11.2. The molecule has 0 aromatic heterocycles. The zero-order chi connectivity index (χ0) is 17.3. The molecule has 2 atom stereocenters. The summed E-state index contributed by atoms with van der Waals surface area (Å²) in [5.74, 6) is 1.19. The Morgan fingerprint density at radius 2 is 1.84 bits per heavy atom. The van der Waals surface area contributed by atoms with Gasteiger partial charge in [0.1, 0.15) is 12.4 Å². The van der Waals surface area contributed by atoms with Gasteiger partial charge in [-0.15, -0.1) is 0 Å². The third-order valence-electron chi connectivity index (χ3n) is 4.24. The molecule has 1 saturated heterocycles. The number of para-hydroxylation sites is 1. The summed E-state index contributed by atoms with van der Waals surface area (Å²) in [4.78, 5) is 12.3. The number of carbonyl (C=O) groups excluding carboxylic acids is 1. The maximum Gasteiger partial charge on any atom is 0.315 e. The van der Waals surface area contributed by atoms with E-state index in [0.29, 0.717) is 19.1 Å². The molecule has 5 heteroatoms. The molecular formula is C20H24N2O3. The second kappa shape index (κ2) is 9.08. The smallest absolute Gasteiger partial charge is 0.315 e. The molecule has 1 heterocycles. The molecule has 132 valence electrons. The molecule has 2 N–H and O–H groups in total. The summed E-state index contributed by atoms with van der Waals surface area (Å²) in [7, 11) is 0. The van der Waals surface area contributed by atoms with Crippen LogP contribution in [-0.4, -0.2) is 32.4 Å². The average molecular weight is 340 g/mol. The van der Waals surface area contributed by atoms with Gasteiger partial charge in [-0.05, 0) is 24.1 Å². The van der Waals surface area contributed by atoms with Crippen LogP contribution < -0.4 is 15.4 Å². The van der Waals surface area contributed by atoms with E-state index in [1.54, 1.807) is 0 Å². The number of ether oxygens (including phenoxy) is 2. The first-order chi connectivity index (χ1) is 12.3. The summed E-state index contributed by atoms with van der Waals surface area (Å²) in [6, 6.07) is 19.1. The van der Waals surface area contributed by atoms with Crippen molar-refractivity contribution < 1.29 is 14.3 Å². The van der Waals surface area contributed by atoms with Gasteiger partial charge < -0.3 is 20.1 Å². The van der Waals surface area contributed by atoms with Crippen molar-refractivity contribution in [3.63, 3.8) is 0 Å². The largest absolute Gasteiger partial charge is 0.491 e. The van der Waals surface area contributed by atoms with Gasteiger partial charge in [-0.1, -0.05) is 48.5 Å². The Kier molecular flexibility index (Phi) is 6.29. The molecule has 1 fully saturated rings. The molecule has 0 unspecified atom stereocenters. The molecule has 2 aromatic carbocycles. The number of hydrogen-bond acceptors (Lipinski definition) is 3. The van der Waals surface area contributed by atoms with Crippen LogP contribution in [0.15, 0.2) is 60.7 Å². The van der Waals surface area contributed by atoms with Gasteiger partial charge in [0, 0.05) is 19.1 Å². The minimum Gasteiger partial charge on any atom is -0.491 e. The monoisotopic (exact) mass is 340 g/mol. The minimum atomic E-state index is -0.221. The predicted octanol–water partition coefficient (Wildman–Crippen LogP) is 3.14. The first-order valence-corrected chi connectivity index (χ1v) is 8.66. The average Bonchev–Trinajstić information content (AvgIpc) is 3.18. The molecule has 0 spiro atoms. The number of rotatable bonds is 7. The summed E-state index contributed by atoms with van der Waals surface area (Å²) >= 11 is 0. The Morgan fingerprint density at radius 3 is 2.52 bits per heavy atom. The summed E-state index contributed by atoms with van der Waals surface area (Å²) in [6.07, 6.45) is 1.000. The van der Waals surface area contributed by atoms with Gasteiger partial charge >= 0.3 is 6.03 Å². The third-order valence-corrected chi connectivity index (χ3v) is 4.24. The number of hydrogen-bond donors (Lipinski definition) is 2. The van der Waals surface area contributed by atoms with E-state index in [9.17, 15) is 4.79 Å². The fourth-order valence-corrected chi connectivity index (χ4v) is 2.79. The van der Waals surface area contributed by atoms with Crippen molar-refractivity contribution in [2.45, 2.75) is 12.5 Å². The van der Waals surface area contributed by atoms with E-state index < -0.39 is 0 Å². The zero-order valence-corrected chi connectivity index (χ0v) is 14.2. The number of urea groups is 1. The lowest BCUT2D eigenvalue weighted by atomic mass is 10.1. The van der Waals surface area contributed by atoms with Crippen LogP contribution in [0.5, 0.6) is 5.75 Å². The Labute approximate surface area is 148 Å². The quantitative estimate of drug-likeness (QED) is 0.814. The van der Waals surface area contributed by atoms with Crippen molar-refractivity contribution in [2.75, 3.05) is 26.4 Å². The lowest BCUT2D eigenvalue weighted by Gasteiger charge is -2.21. The lowest BCUT2D eigenvalue weighted by molar-refractivity contribution is 0.184. The van der Waals surface area contributed by atoms with E-state index in [4.69, 9.17) is 9.47 Å². The molecule has 0 bridgehead atoms. The molecule has 1 aliphatic rings. The zero-order valence-electron chi connectivity index (χ0n) is 14.2. The lowest BCUT2D eigenvalue weighted by Crippen LogP contribution is -2.41. The molecule has 3 rings (SSSR count). The summed E-state index contributed by atoms with van der Waals surface area (Å²) in [6.45, 7) is 2.51. The van der Waals surface area contributed by atoms with Crippen LogP contribution in [0.2, 0.25) is 0 Å². The van der Waals surface area contributed by atoms with Gasteiger partial charge in [0.2, 0.25) is 0 Å². The van der Waals surface area contributed by atoms with E-state index in [1.165, 1.54) is 0 Å². The van der Waals surface area contributed by atoms with Crippen LogP contribution in [0.1, 0.15) is 18.0 Å². The number of carbonyl (C=O) groups is 1. The van der Waals surface area contributed by atoms with Crippen molar-refractivity contribution in [3.05, 3.63) is 66.2 Å². The normalized spacial score (nSPS) is 17.7. The Hall–Kier alpha value is -2.53. The first kappa shape index (κ1) is 17.3. The van der Waals surface area contributed by atoms with E-state index >= 15 is 0 Å². The second-order valence-corrected chi connectivity index (χ2v) is 6.17. The Morgan fingerprint density at radius 1 is 1.12 bits per heavy atom. The molecule has 5 nitrogen and oxygen atoms in total. The van der Waals surface area contributed by atoms with Crippen LogP contribution in [0.4, 0.5) is 4.79 Å².